The first kappa shape index (κ1) is 14.0. The fourth-order valence-corrected chi connectivity index (χ4v) is 2.39. The van der Waals surface area contributed by atoms with Crippen LogP contribution in [-0.2, 0) is 4.79 Å². The third-order valence-electron chi connectivity index (χ3n) is 2.93. The van der Waals surface area contributed by atoms with Gasteiger partial charge in [0.05, 0.1) is 3.58 Å². The van der Waals surface area contributed by atoms with Gasteiger partial charge < -0.3 is 5.32 Å². The summed E-state index contributed by atoms with van der Waals surface area (Å²) in [6, 6.07) is 9.08. The molecule has 0 unspecified atom stereocenters. The monoisotopic (exact) mass is 370 g/mol. The van der Waals surface area contributed by atoms with Gasteiger partial charge in [-0.3, -0.25) is 14.5 Å². The van der Waals surface area contributed by atoms with Gasteiger partial charge in [0.25, 0.3) is 11.8 Å². The Morgan fingerprint density at radius 2 is 1.95 bits per heavy atom. The van der Waals surface area contributed by atoms with Gasteiger partial charge in [-0.15, -0.1) is 0 Å². The highest BCUT2D eigenvalue weighted by atomic mass is 127. The normalized spacial score (nSPS) is 19.2. The second-order valence-corrected chi connectivity index (χ2v) is 5.88. The van der Waals surface area contributed by atoms with Crippen molar-refractivity contribution < 1.29 is 9.59 Å². The Bertz CT molecular complexity index is 526. The average molecular weight is 370 g/mol. The number of hydrogen-bond donors (Lipinski definition) is 1. The number of carbonyl (C=O) groups is 2. The van der Waals surface area contributed by atoms with Gasteiger partial charge in [0.1, 0.15) is 6.17 Å². The summed E-state index contributed by atoms with van der Waals surface area (Å²) in [5, 5.41) is 2.86. The van der Waals surface area contributed by atoms with Crippen LogP contribution >= 0.6 is 22.6 Å². The van der Waals surface area contributed by atoms with Crippen molar-refractivity contribution in [1.29, 1.82) is 0 Å². The van der Waals surface area contributed by atoms with Crippen LogP contribution in [0.1, 0.15) is 24.2 Å². The minimum Gasteiger partial charge on any atom is -0.331 e. The van der Waals surface area contributed by atoms with Crippen molar-refractivity contribution in [2.45, 2.75) is 20.0 Å². The average Bonchev–Trinajstić information content (AvgIpc) is 2.41. The second-order valence-electron chi connectivity index (χ2n) is 4.72. The van der Waals surface area contributed by atoms with Crippen molar-refractivity contribution in [3.05, 3.63) is 45.7 Å². The lowest BCUT2D eigenvalue weighted by atomic mass is 10.1. The zero-order valence-corrected chi connectivity index (χ0v) is 12.9. The minimum atomic E-state index is -0.307. The van der Waals surface area contributed by atoms with Crippen LogP contribution in [0.25, 0.3) is 0 Å². The minimum absolute atomic E-state index is 0.103. The highest BCUT2D eigenvalue weighted by Gasteiger charge is 2.32. The van der Waals surface area contributed by atoms with E-state index in [-0.39, 0.29) is 23.9 Å². The van der Waals surface area contributed by atoms with E-state index >= 15 is 0 Å². The summed E-state index contributed by atoms with van der Waals surface area (Å²) < 4.78 is 0.513. The smallest absolute Gasteiger partial charge is 0.260 e. The first-order valence-electron chi connectivity index (χ1n) is 6.06. The number of hydrogen-bond acceptors (Lipinski definition) is 2. The van der Waals surface area contributed by atoms with Crippen LogP contribution in [0.2, 0.25) is 0 Å². The Hall–Kier alpha value is -1.37. The van der Waals surface area contributed by atoms with Crippen molar-refractivity contribution in [3.63, 3.8) is 0 Å². The maximum Gasteiger partial charge on any atom is 0.260 e. The van der Waals surface area contributed by atoms with Gasteiger partial charge in [0.2, 0.25) is 0 Å². The van der Waals surface area contributed by atoms with E-state index in [4.69, 9.17) is 0 Å². The zero-order valence-electron chi connectivity index (χ0n) is 10.8. The second kappa shape index (κ2) is 5.73. The number of nitrogens with zero attached hydrogens (tertiary/aromatic N) is 1. The Morgan fingerprint density at radius 1 is 1.32 bits per heavy atom. The summed E-state index contributed by atoms with van der Waals surface area (Å²) in [6.07, 6.45) is 1.32. The number of amides is 2. The molecule has 0 saturated heterocycles. The molecule has 100 valence electrons. The van der Waals surface area contributed by atoms with Gasteiger partial charge in [0.15, 0.2) is 0 Å². The number of halogens is 1. The molecule has 1 aromatic carbocycles. The van der Waals surface area contributed by atoms with Crippen molar-refractivity contribution in [2.75, 3.05) is 0 Å². The topological polar surface area (TPSA) is 49.4 Å². The van der Waals surface area contributed by atoms with Crippen molar-refractivity contribution >= 4 is 34.4 Å². The lowest BCUT2D eigenvalue weighted by Gasteiger charge is -2.35. The molecular formula is C14H15IN2O2. The Kier molecular flexibility index (Phi) is 4.24. The molecule has 19 heavy (non-hydrogen) atoms. The van der Waals surface area contributed by atoms with Gasteiger partial charge in [-0.2, -0.15) is 0 Å². The van der Waals surface area contributed by atoms with E-state index in [9.17, 15) is 9.59 Å². The summed E-state index contributed by atoms with van der Waals surface area (Å²) in [4.78, 5) is 25.8. The summed E-state index contributed by atoms with van der Waals surface area (Å²) in [7, 11) is 0. The van der Waals surface area contributed by atoms with Gasteiger partial charge in [0, 0.05) is 11.8 Å². The largest absolute Gasteiger partial charge is 0.331 e. The number of benzene rings is 1. The number of rotatable bonds is 2. The standard InChI is InChI=1S/C14H15IN2O2/c1-9(2)12-16-13(18)11(15)8-17(12)14(19)10-6-4-3-5-7-10/h3-9,12H,1-2H3,(H,16,18)/t12-/m0/s1. The number of carbonyl (C=O) groups excluding carboxylic acids is 2. The molecule has 0 aromatic heterocycles. The molecule has 2 rings (SSSR count). The van der Waals surface area contributed by atoms with Crippen LogP contribution in [0.3, 0.4) is 0 Å². The summed E-state index contributed by atoms with van der Waals surface area (Å²) >= 11 is 1.94. The molecule has 4 nitrogen and oxygen atoms in total. The first-order chi connectivity index (χ1) is 9.00. The predicted molar refractivity (Wildman–Crippen MR) is 81.5 cm³/mol. The quantitative estimate of drug-likeness (QED) is 0.814. The molecule has 0 saturated carbocycles. The third kappa shape index (κ3) is 2.97. The first-order valence-corrected chi connectivity index (χ1v) is 7.14. The molecule has 0 aliphatic carbocycles. The fraction of sp³-hybridized carbons (Fsp3) is 0.286. The molecule has 1 atom stereocenters. The van der Waals surface area contributed by atoms with E-state index in [2.05, 4.69) is 5.32 Å². The molecule has 0 bridgehead atoms. The van der Waals surface area contributed by atoms with E-state index in [0.717, 1.165) is 0 Å². The van der Waals surface area contributed by atoms with Crippen LogP contribution in [0.5, 0.6) is 0 Å². The molecule has 0 radical (unpaired) electrons. The summed E-state index contributed by atoms with van der Waals surface area (Å²) in [5.41, 5.74) is 0.616. The van der Waals surface area contributed by atoms with E-state index in [1.54, 1.807) is 23.2 Å². The van der Waals surface area contributed by atoms with Crippen molar-refractivity contribution in [2.24, 2.45) is 5.92 Å². The molecule has 0 spiro atoms. The molecule has 5 heteroatoms. The molecule has 0 fully saturated rings. The van der Waals surface area contributed by atoms with Crippen molar-refractivity contribution in [1.82, 2.24) is 10.2 Å². The SMILES string of the molecule is CC(C)[C@H]1NC(=O)C(I)=CN1C(=O)c1ccccc1. The van der Waals surface area contributed by atoms with Gasteiger partial charge in [-0.1, -0.05) is 32.0 Å². The summed E-state index contributed by atoms with van der Waals surface area (Å²) in [5.74, 6) is -0.0951. The zero-order chi connectivity index (χ0) is 14.0. The van der Waals surface area contributed by atoms with Crippen LogP contribution in [0.4, 0.5) is 0 Å². The van der Waals surface area contributed by atoms with Crippen molar-refractivity contribution in [3.8, 4) is 0 Å². The molecule has 1 heterocycles. The highest BCUT2D eigenvalue weighted by Crippen LogP contribution is 2.21. The maximum absolute atomic E-state index is 12.5. The summed E-state index contributed by atoms with van der Waals surface area (Å²) in [6.45, 7) is 3.95. The maximum atomic E-state index is 12.5. The lowest BCUT2D eigenvalue weighted by Crippen LogP contribution is -2.54. The van der Waals surface area contributed by atoms with Crippen LogP contribution in [0.15, 0.2) is 40.1 Å². The van der Waals surface area contributed by atoms with Crippen LogP contribution in [-0.4, -0.2) is 22.9 Å². The Balaban J connectivity index is 2.35. The van der Waals surface area contributed by atoms with Gasteiger partial charge in [-0.25, -0.2) is 0 Å². The molecule has 1 aliphatic rings. The molecular weight excluding hydrogens is 355 g/mol. The Morgan fingerprint density at radius 3 is 2.53 bits per heavy atom. The predicted octanol–water partition coefficient (Wildman–Crippen LogP) is 2.52. The third-order valence-corrected chi connectivity index (χ3v) is 3.70. The van der Waals surface area contributed by atoms with E-state index < -0.39 is 0 Å². The van der Waals surface area contributed by atoms with E-state index in [1.807, 2.05) is 54.6 Å². The fourth-order valence-electron chi connectivity index (χ4n) is 1.94. The van der Waals surface area contributed by atoms with E-state index in [0.29, 0.717) is 9.14 Å². The highest BCUT2D eigenvalue weighted by molar-refractivity contribution is 14.1. The molecule has 2 amide bonds. The molecule has 1 aliphatic heterocycles. The Labute approximate surface area is 126 Å². The molecule has 1 aromatic rings. The number of nitrogens with one attached hydrogen (secondary N) is 1. The molecule has 1 N–H and O–H groups in total. The van der Waals surface area contributed by atoms with E-state index in [1.165, 1.54) is 0 Å². The lowest BCUT2D eigenvalue weighted by molar-refractivity contribution is -0.119. The van der Waals surface area contributed by atoms with Gasteiger partial charge >= 0.3 is 0 Å². The van der Waals surface area contributed by atoms with Gasteiger partial charge in [-0.05, 0) is 40.6 Å². The van der Waals surface area contributed by atoms with Crippen LogP contribution < -0.4 is 5.32 Å². The van der Waals surface area contributed by atoms with Crippen LogP contribution in [0, 0.1) is 5.92 Å².